The van der Waals surface area contributed by atoms with Gasteiger partial charge in [0.15, 0.2) is 0 Å². The molecular formula is C11H22. The molecule has 11 heavy (non-hydrogen) atoms. The number of rotatable bonds is 2. The molecule has 0 aliphatic rings. The molecule has 0 saturated carbocycles. The molecule has 0 amide bonds. The van der Waals surface area contributed by atoms with Gasteiger partial charge in [-0.15, -0.1) is 0 Å². The Balaban J connectivity index is 4.41. The second-order valence-electron chi connectivity index (χ2n) is 4.54. The van der Waals surface area contributed by atoms with Crippen molar-refractivity contribution < 1.29 is 0 Å². The van der Waals surface area contributed by atoms with Crippen LogP contribution < -0.4 is 0 Å². The first-order valence-electron chi connectivity index (χ1n) is 4.59. The van der Waals surface area contributed by atoms with Crippen molar-refractivity contribution >= 4 is 0 Å². The Bertz CT molecular complexity index is 133. The fraction of sp³-hybridized carbons (Fsp3) is 0.818. The minimum absolute atomic E-state index is 0.360. The van der Waals surface area contributed by atoms with Crippen LogP contribution in [0.4, 0.5) is 0 Å². The fourth-order valence-corrected chi connectivity index (χ4v) is 1.30. The van der Waals surface area contributed by atoms with Crippen LogP contribution in [-0.4, -0.2) is 0 Å². The summed E-state index contributed by atoms with van der Waals surface area (Å²) >= 11 is 0. The van der Waals surface area contributed by atoms with Crippen LogP contribution in [0, 0.1) is 11.3 Å². The van der Waals surface area contributed by atoms with Crippen LogP contribution in [0.15, 0.2) is 11.6 Å². The first-order chi connectivity index (χ1) is 4.88. The molecule has 0 aromatic carbocycles. The van der Waals surface area contributed by atoms with E-state index >= 15 is 0 Å². The van der Waals surface area contributed by atoms with Crippen molar-refractivity contribution in [1.82, 2.24) is 0 Å². The molecule has 0 saturated heterocycles. The molecule has 0 aromatic heterocycles. The molecule has 66 valence electrons. The molecule has 0 nitrogen and oxygen atoms in total. The Morgan fingerprint density at radius 1 is 1.27 bits per heavy atom. The third kappa shape index (κ3) is 4.23. The maximum Gasteiger partial charge on any atom is -0.0173 e. The molecule has 0 aromatic rings. The zero-order chi connectivity index (χ0) is 9.07. The molecule has 0 fully saturated rings. The van der Waals surface area contributed by atoms with Gasteiger partial charge in [-0.3, -0.25) is 0 Å². The Hall–Kier alpha value is -0.260. The van der Waals surface area contributed by atoms with Crippen LogP contribution in [0.25, 0.3) is 0 Å². The van der Waals surface area contributed by atoms with Gasteiger partial charge in [0.05, 0.1) is 0 Å². The standard InChI is InChI=1S/C11H22/c1-7-10(8-9(2)3)11(4,5)6/h8-9H,7H2,1-6H3/b10-8+. The fourth-order valence-electron chi connectivity index (χ4n) is 1.30. The predicted molar refractivity (Wildman–Crippen MR) is 52.7 cm³/mol. The zero-order valence-corrected chi connectivity index (χ0v) is 8.86. The largest absolute Gasteiger partial charge is 0.0822 e. The maximum atomic E-state index is 2.39. The summed E-state index contributed by atoms with van der Waals surface area (Å²) in [5.74, 6) is 0.684. The molecule has 0 rings (SSSR count). The highest BCUT2D eigenvalue weighted by molar-refractivity contribution is 5.10. The molecule has 0 heterocycles. The number of allylic oxidation sites excluding steroid dienone is 2. The van der Waals surface area contributed by atoms with E-state index in [1.807, 2.05) is 0 Å². The van der Waals surface area contributed by atoms with E-state index in [1.54, 1.807) is 5.57 Å². The minimum atomic E-state index is 0.360. The van der Waals surface area contributed by atoms with Crippen LogP contribution in [0.3, 0.4) is 0 Å². The SMILES string of the molecule is CC/C(=C\C(C)C)C(C)(C)C. The second-order valence-corrected chi connectivity index (χ2v) is 4.54. The van der Waals surface area contributed by atoms with Crippen molar-refractivity contribution in [2.24, 2.45) is 11.3 Å². The van der Waals surface area contributed by atoms with E-state index in [4.69, 9.17) is 0 Å². The van der Waals surface area contributed by atoms with E-state index in [0.717, 1.165) is 0 Å². The zero-order valence-electron chi connectivity index (χ0n) is 8.86. The predicted octanol–water partition coefficient (Wildman–Crippen LogP) is 4.02. The summed E-state index contributed by atoms with van der Waals surface area (Å²) < 4.78 is 0. The molecule has 0 unspecified atom stereocenters. The van der Waals surface area contributed by atoms with Crippen molar-refractivity contribution in [2.75, 3.05) is 0 Å². The third-order valence-electron chi connectivity index (χ3n) is 1.88. The maximum absolute atomic E-state index is 2.39. The quantitative estimate of drug-likeness (QED) is 0.527. The highest BCUT2D eigenvalue weighted by Gasteiger charge is 2.14. The lowest BCUT2D eigenvalue weighted by Gasteiger charge is -2.22. The van der Waals surface area contributed by atoms with Crippen molar-refractivity contribution in [2.45, 2.75) is 48.0 Å². The third-order valence-corrected chi connectivity index (χ3v) is 1.88. The average Bonchev–Trinajstić information content (AvgIpc) is 1.79. The summed E-state index contributed by atoms with van der Waals surface area (Å²) in [5.41, 5.74) is 1.94. The molecule has 0 N–H and O–H groups in total. The van der Waals surface area contributed by atoms with E-state index < -0.39 is 0 Å². The molecule has 0 bridgehead atoms. The second kappa shape index (κ2) is 3.94. The van der Waals surface area contributed by atoms with E-state index in [1.165, 1.54) is 6.42 Å². The van der Waals surface area contributed by atoms with Crippen LogP contribution in [0.1, 0.15) is 48.0 Å². The minimum Gasteiger partial charge on any atom is -0.0822 e. The molecule has 0 spiro atoms. The molecule has 0 aliphatic carbocycles. The lowest BCUT2D eigenvalue weighted by molar-refractivity contribution is 0.481. The molecule has 0 heteroatoms. The summed E-state index contributed by atoms with van der Waals surface area (Å²) in [6.07, 6.45) is 3.57. The van der Waals surface area contributed by atoms with Gasteiger partial charge in [0, 0.05) is 0 Å². The average molecular weight is 154 g/mol. The van der Waals surface area contributed by atoms with Crippen molar-refractivity contribution in [1.29, 1.82) is 0 Å². The van der Waals surface area contributed by atoms with Crippen LogP contribution in [0.2, 0.25) is 0 Å². The monoisotopic (exact) mass is 154 g/mol. The summed E-state index contributed by atoms with van der Waals surface area (Å²) in [7, 11) is 0. The Labute approximate surface area is 71.7 Å². The van der Waals surface area contributed by atoms with E-state index in [2.05, 4.69) is 47.6 Å². The van der Waals surface area contributed by atoms with Gasteiger partial charge in [-0.05, 0) is 17.8 Å². The van der Waals surface area contributed by atoms with Crippen LogP contribution in [0.5, 0.6) is 0 Å². The van der Waals surface area contributed by atoms with Gasteiger partial charge in [-0.25, -0.2) is 0 Å². The smallest absolute Gasteiger partial charge is 0.0173 e. The van der Waals surface area contributed by atoms with Gasteiger partial charge in [0.2, 0.25) is 0 Å². The Morgan fingerprint density at radius 3 is 1.82 bits per heavy atom. The Morgan fingerprint density at radius 2 is 1.73 bits per heavy atom. The number of hydrogen-bond acceptors (Lipinski definition) is 0. The van der Waals surface area contributed by atoms with Gasteiger partial charge in [0.25, 0.3) is 0 Å². The van der Waals surface area contributed by atoms with Crippen molar-refractivity contribution in [3.63, 3.8) is 0 Å². The van der Waals surface area contributed by atoms with Gasteiger partial charge >= 0.3 is 0 Å². The van der Waals surface area contributed by atoms with Crippen LogP contribution in [-0.2, 0) is 0 Å². The van der Waals surface area contributed by atoms with Gasteiger partial charge in [-0.2, -0.15) is 0 Å². The highest BCUT2D eigenvalue weighted by Crippen LogP contribution is 2.28. The van der Waals surface area contributed by atoms with Gasteiger partial charge < -0.3 is 0 Å². The summed E-state index contributed by atoms with van der Waals surface area (Å²) in [6.45, 7) is 13.6. The lowest BCUT2D eigenvalue weighted by atomic mass is 9.83. The van der Waals surface area contributed by atoms with Gasteiger partial charge in [-0.1, -0.05) is 53.2 Å². The molecule has 0 aliphatic heterocycles. The van der Waals surface area contributed by atoms with Gasteiger partial charge in [0.1, 0.15) is 0 Å². The number of hydrogen-bond donors (Lipinski definition) is 0. The molecule has 0 atom stereocenters. The van der Waals surface area contributed by atoms with Crippen molar-refractivity contribution in [3.8, 4) is 0 Å². The van der Waals surface area contributed by atoms with Crippen molar-refractivity contribution in [3.05, 3.63) is 11.6 Å². The summed E-state index contributed by atoms with van der Waals surface area (Å²) in [4.78, 5) is 0. The highest BCUT2D eigenvalue weighted by atomic mass is 14.2. The first kappa shape index (κ1) is 10.7. The van der Waals surface area contributed by atoms with E-state index in [0.29, 0.717) is 11.3 Å². The van der Waals surface area contributed by atoms with E-state index in [9.17, 15) is 0 Å². The van der Waals surface area contributed by atoms with E-state index in [-0.39, 0.29) is 0 Å². The molecule has 0 radical (unpaired) electrons. The summed E-state index contributed by atoms with van der Waals surface area (Å²) in [5, 5.41) is 0. The molecular weight excluding hydrogens is 132 g/mol. The summed E-state index contributed by atoms with van der Waals surface area (Å²) in [6, 6.07) is 0. The lowest BCUT2D eigenvalue weighted by Crippen LogP contribution is -2.09. The Kier molecular flexibility index (Phi) is 3.85. The topological polar surface area (TPSA) is 0 Å². The first-order valence-corrected chi connectivity index (χ1v) is 4.59. The van der Waals surface area contributed by atoms with Crippen LogP contribution >= 0.6 is 0 Å². The normalized spacial score (nSPS) is 14.3.